The molecule has 0 fully saturated rings. The van der Waals surface area contributed by atoms with Gasteiger partial charge in [0.2, 0.25) is 0 Å². The molecule has 0 aromatic carbocycles. The number of hydrogen-bond acceptors (Lipinski definition) is 1. The fourth-order valence-corrected chi connectivity index (χ4v) is 0.346. The molecule has 0 aliphatic carbocycles. The monoisotopic (exact) mass is 113 g/mol. The minimum Gasteiger partial charge on any atom is -0.247 e. The number of carbonyl (C=O) groups excluding carboxylic acids is 1. The van der Waals surface area contributed by atoms with Crippen molar-refractivity contribution < 1.29 is 9.90 Å². The molecule has 0 amide bonds. The van der Waals surface area contributed by atoms with E-state index in [9.17, 15) is 9.90 Å². The van der Waals surface area contributed by atoms with Gasteiger partial charge in [-0.25, -0.2) is 9.90 Å². The van der Waals surface area contributed by atoms with E-state index in [0.29, 0.717) is 0 Å². The highest BCUT2D eigenvalue weighted by molar-refractivity contribution is 5.68. The van der Waals surface area contributed by atoms with Crippen LogP contribution < -0.4 is 0 Å². The van der Waals surface area contributed by atoms with Crippen molar-refractivity contribution in [2.24, 2.45) is 0 Å². The molecule has 0 aliphatic rings. The quantitative estimate of drug-likeness (QED) is 0.508. The zero-order valence-corrected chi connectivity index (χ0v) is 4.89. The normalized spacial score (nSPS) is 10.1. The number of rotatable bonds is 3. The van der Waals surface area contributed by atoms with Gasteiger partial charge in [0, 0.05) is 0 Å². The third-order valence-electron chi connectivity index (χ3n) is 0.687. The van der Waals surface area contributed by atoms with Gasteiger partial charge in [0.25, 0.3) is 0 Å². The molecule has 45 valence electrons. The second-order valence-corrected chi connectivity index (χ2v) is 1.46. The summed E-state index contributed by atoms with van der Waals surface area (Å²) in [7, 11) is 0. The van der Waals surface area contributed by atoms with Gasteiger partial charge in [-0.1, -0.05) is 19.1 Å². The smallest absolute Gasteiger partial charge is 0.247 e. The molecule has 0 aromatic heterocycles. The maximum Gasteiger partial charge on any atom is 0.359 e. The molecular weight excluding hydrogens is 104 g/mol. The van der Waals surface area contributed by atoms with Crippen molar-refractivity contribution in [2.75, 3.05) is 0 Å². The first kappa shape index (κ1) is 7.21. The molecule has 0 atom stereocenters. The van der Waals surface area contributed by atoms with Crippen molar-refractivity contribution in [2.45, 2.75) is 19.8 Å². The Morgan fingerprint density at radius 3 is 2.50 bits per heavy atom. The van der Waals surface area contributed by atoms with Gasteiger partial charge in [0.05, 0.1) is 6.42 Å². The average molecular weight is 113 g/mol. The van der Waals surface area contributed by atoms with Gasteiger partial charge >= 0.3 is 5.97 Å². The summed E-state index contributed by atoms with van der Waals surface area (Å²) in [4.78, 5) is 9.71. The Morgan fingerprint density at radius 1 is 1.50 bits per heavy atom. The molecular formula is C6H9O2. The van der Waals surface area contributed by atoms with Crippen LogP contribution in [0, 0.1) is 0 Å². The van der Waals surface area contributed by atoms with Crippen LogP contribution in [0.15, 0.2) is 12.2 Å². The Labute approximate surface area is 48.8 Å². The van der Waals surface area contributed by atoms with Crippen LogP contribution in [0.1, 0.15) is 19.8 Å². The predicted octanol–water partition coefficient (Wildman–Crippen LogP) is 1.30. The molecule has 0 rings (SSSR count). The zero-order chi connectivity index (χ0) is 6.41. The van der Waals surface area contributed by atoms with E-state index in [2.05, 4.69) is 0 Å². The molecule has 0 heterocycles. The third kappa shape index (κ3) is 5.21. The van der Waals surface area contributed by atoms with E-state index in [1.165, 1.54) is 0 Å². The highest BCUT2D eigenvalue weighted by atomic mass is 16.4. The molecule has 0 unspecified atom stereocenters. The van der Waals surface area contributed by atoms with E-state index >= 15 is 0 Å². The van der Waals surface area contributed by atoms with Gasteiger partial charge in [-0.05, 0) is 6.42 Å². The predicted molar refractivity (Wildman–Crippen MR) is 29.7 cm³/mol. The van der Waals surface area contributed by atoms with Crippen molar-refractivity contribution >= 4 is 5.97 Å². The van der Waals surface area contributed by atoms with Crippen LogP contribution >= 0.6 is 0 Å². The molecule has 2 heteroatoms. The van der Waals surface area contributed by atoms with Crippen molar-refractivity contribution in [3.63, 3.8) is 0 Å². The molecule has 0 spiro atoms. The summed E-state index contributed by atoms with van der Waals surface area (Å²) in [6, 6.07) is 0. The molecule has 0 N–H and O–H groups in total. The summed E-state index contributed by atoms with van der Waals surface area (Å²) >= 11 is 0. The van der Waals surface area contributed by atoms with Crippen molar-refractivity contribution in [1.82, 2.24) is 0 Å². The second kappa shape index (κ2) is 4.37. The average Bonchev–Trinajstić information content (AvgIpc) is 1.66. The van der Waals surface area contributed by atoms with Crippen molar-refractivity contribution in [3.8, 4) is 0 Å². The number of hydrogen-bond donors (Lipinski definition) is 0. The lowest BCUT2D eigenvalue weighted by atomic mass is 10.3. The fourth-order valence-electron chi connectivity index (χ4n) is 0.346. The molecule has 2 nitrogen and oxygen atoms in total. The van der Waals surface area contributed by atoms with E-state index in [1.807, 2.05) is 6.92 Å². The highest BCUT2D eigenvalue weighted by Crippen LogP contribution is 1.84. The maximum absolute atomic E-state index is 9.71. The lowest BCUT2D eigenvalue weighted by Gasteiger charge is -1.76. The van der Waals surface area contributed by atoms with Gasteiger partial charge in [-0.2, -0.15) is 0 Å². The van der Waals surface area contributed by atoms with Crippen LogP contribution in [0.4, 0.5) is 0 Å². The van der Waals surface area contributed by atoms with Crippen LogP contribution in [0.25, 0.3) is 0 Å². The van der Waals surface area contributed by atoms with Gasteiger partial charge in [-0.15, -0.1) is 0 Å². The van der Waals surface area contributed by atoms with Crippen LogP contribution in [0.5, 0.6) is 0 Å². The van der Waals surface area contributed by atoms with Crippen LogP contribution in [-0.4, -0.2) is 5.97 Å². The molecule has 1 radical (unpaired) electrons. The molecule has 0 bridgehead atoms. The molecule has 0 saturated carbocycles. The van der Waals surface area contributed by atoms with Crippen LogP contribution in [0.3, 0.4) is 0 Å². The van der Waals surface area contributed by atoms with Gasteiger partial charge < -0.3 is 0 Å². The number of carbonyl (C=O) groups is 1. The Morgan fingerprint density at radius 2 is 2.12 bits per heavy atom. The fraction of sp³-hybridized carbons (Fsp3) is 0.500. The van der Waals surface area contributed by atoms with Gasteiger partial charge in [0.1, 0.15) is 0 Å². The molecule has 0 aromatic rings. The minimum atomic E-state index is -1.02. The van der Waals surface area contributed by atoms with Gasteiger partial charge in [0.15, 0.2) is 0 Å². The molecule has 8 heavy (non-hydrogen) atoms. The summed E-state index contributed by atoms with van der Waals surface area (Å²) in [6.45, 7) is 1.95. The lowest BCUT2D eigenvalue weighted by Crippen LogP contribution is -1.86. The Balaban J connectivity index is 3.16. The summed E-state index contributed by atoms with van der Waals surface area (Å²) in [6.07, 6.45) is 4.31. The Kier molecular flexibility index (Phi) is 3.94. The summed E-state index contributed by atoms with van der Waals surface area (Å²) in [5.41, 5.74) is 0. The zero-order valence-electron chi connectivity index (χ0n) is 4.89. The minimum absolute atomic E-state index is 0.0356. The first-order valence-corrected chi connectivity index (χ1v) is 2.62. The Bertz CT molecular complexity index is 94.7. The lowest BCUT2D eigenvalue weighted by molar-refractivity contribution is -0.142. The first-order chi connectivity index (χ1) is 3.77. The van der Waals surface area contributed by atoms with E-state index in [1.54, 1.807) is 12.2 Å². The molecule has 0 aliphatic heterocycles. The third-order valence-corrected chi connectivity index (χ3v) is 0.687. The van der Waals surface area contributed by atoms with Crippen molar-refractivity contribution in [1.29, 1.82) is 0 Å². The van der Waals surface area contributed by atoms with Crippen molar-refractivity contribution in [3.05, 3.63) is 12.2 Å². The SMILES string of the molecule is CCC=CCC([O])=O. The van der Waals surface area contributed by atoms with E-state index < -0.39 is 5.97 Å². The van der Waals surface area contributed by atoms with E-state index in [0.717, 1.165) is 6.42 Å². The summed E-state index contributed by atoms with van der Waals surface area (Å²) in [5, 5.41) is 9.71. The molecule has 0 saturated heterocycles. The first-order valence-electron chi connectivity index (χ1n) is 2.62. The summed E-state index contributed by atoms with van der Waals surface area (Å²) < 4.78 is 0. The maximum atomic E-state index is 9.71. The number of allylic oxidation sites excluding steroid dienone is 1. The van der Waals surface area contributed by atoms with E-state index in [4.69, 9.17) is 0 Å². The topological polar surface area (TPSA) is 37.0 Å². The summed E-state index contributed by atoms with van der Waals surface area (Å²) in [5.74, 6) is -1.02. The van der Waals surface area contributed by atoms with Crippen LogP contribution in [-0.2, 0) is 9.90 Å². The highest BCUT2D eigenvalue weighted by Gasteiger charge is 1.90. The Hall–Kier alpha value is -0.790. The largest absolute Gasteiger partial charge is 0.359 e. The second-order valence-electron chi connectivity index (χ2n) is 1.46. The van der Waals surface area contributed by atoms with E-state index in [-0.39, 0.29) is 6.42 Å². The van der Waals surface area contributed by atoms with Crippen LogP contribution in [0.2, 0.25) is 0 Å². The van der Waals surface area contributed by atoms with Gasteiger partial charge in [-0.3, -0.25) is 0 Å². The standard InChI is InChI=1S/C6H9O2/c1-2-3-4-5-6(7)8/h3-4H,2,5H2,1H3.